The SMILES string of the molecule is O=[N+]([O-])c1nn(-c2c(Cl)cc(C(F)(F)F)cc2Cl)cc1S(=O)(=O)C(F)(F)F. The third kappa shape index (κ3) is 3.82. The minimum Gasteiger partial charge on any atom is -0.358 e. The Morgan fingerprint density at radius 3 is 1.93 bits per heavy atom. The molecule has 7 nitrogen and oxygen atoms in total. The number of nitro groups is 1. The number of sulfone groups is 1. The topological polar surface area (TPSA) is 95.1 Å². The molecule has 0 saturated heterocycles. The number of nitrogens with zero attached hydrogens (tertiary/aromatic N) is 3. The fourth-order valence-corrected chi connectivity index (χ4v) is 3.36. The lowest BCUT2D eigenvalue weighted by Crippen LogP contribution is -2.23. The fourth-order valence-electron chi connectivity index (χ4n) is 1.85. The molecule has 148 valence electrons. The van der Waals surface area contributed by atoms with Crippen molar-refractivity contribution in [3.05, 3.63) is 44.1 Å². The van der Waals surface area contributed by atoms with Gasteiger partial charge in [0.2, 0.25) is 0 Å². The highest BCUT2D eigenvalue weighted by Crippen LogP contribution is 2.40. The summed E-state index contributed by atoms with van der Waals surface area (Å²) in [5.41, 5.74) is -7.89. The summed E-state index contributed by atoms with van der Waals surface area (Å²) in [6.45, 7) is 0. The van der Waals surface area contributed by atoms with Gasteiger partial charge >= 0.3 is 17.5 Å². The zero-order valence-corrected chi connectivity index (χ0v) is 14.5. The molecule has 0 amide bonds. The molecule has 1 heterocycles. The Balaban J connectivity index is 2.77. The molecule has 0 unspecified atom stereocenters. The van der Waals surface area contributed by atoms with Crippen LogP contribution in [0, 0.1) is 10.1 Å². The highest BCUT2D eigenvalue weighted by atomic mass is 35.5. The molecule has 0 bridgehead atoms. The predicted octanol–water partition coefficient (Wildman–Crippen LogP) is 4.40. The third-order valence-electron chi connectivity index (χ3n) is 3.00. The van der Waals surface area contributed by atoms with Gasteiger partial charge in [0.15, 0.2) is 4.90 Å². The zero-order chi connectivity index (χ0) is 20.9. The second-order valence-corrected chi connectivity index (χ2v) is 7.48. The first-order valence-electron chi connectivity index (χ1n) is 6.19. The molecule has 0 fully saturated rings. The first kappa shape index (κ1) is 21.2. The second-order valence-electron chi connectivity index (χ2n) is 4.75. The Morgan fingerprint density at radius 2 is 1.56 bits per heavy atom. The van der Waals surface area contributed by atoms with E-state index in [0.29, 0.717) is 12.1 Å². The monoisotopic (exact) mass is 457 g/mol. The van der Waals surface area contributed by atoms with Gasteiger partial charge in [0.1, 0.15) is 5.69 Å². The molecule has 0 saturated carbocycles. The van der Waals surface area contributed by atoms with Crippen LogP contribution < -0.4 is 0 Å². The van der Waals surface area contributed by atoms with Crippen LogP contribution in [0.2, 0.25) is 10.0 Å². The van der Waals surface area contributed by atoms with Gasteiger partial charge in [-0.1, -0.05) is 23.2 Å². The van der Waals surface area contributed by atoms with Crippen molar-refractivity contribution < 1.29 is 39.7 Å². The molecule has 27 heavy (non-hydrogen) atoms. The summed E-state index contributed by atoms with van der Waals surface area (Å²) < 4.78 is 99.4. The fraction of sp³-hybridized carbons (Fsp3) is 0.182. The van der Waals surface area contributed by atoms with Crippen molar-refractivity contribution in [2.24, 2.45) is 0 Å². The standard InChI is InChI=1S/C11H3Cl2F6N3O4S/c12-5-1-4(10(14,15)16)2-6(13)8(5)21-3-7(9(20-21)22(23)24)27(25,26)11(17,18)19/h1-3H. The van der Waals surface area contributed by atoms with Crippen LogP contribution in [0.15, 0.2) is 23.2 Å². The molecule has 1 aromatic carbocycles. The van der Waals surface area contributed by atoms with E-state index in [2.05, 4.69) is 5.10 Å². The summed E-state index contributed by atoms with van der Waals surface area (Å²) in [7, 11) is -6.19. The first-order valence-corrected chi connectivity index (χ1v) is 8.43. The summed E-state index contributed by atoms with van der Waals surface area (Å²) >= 11 is 11.3. The maximum Gasteiger partial charge on any atom is 0.502 e. The molecule has 1 aromatic heterocycles. The Hall–Kier alpha value is -2.06. The van der Waals surface area contributed by atoms with Crippen LogP contribution in [-0.2, 0) is 16.0 Å². The van der Waals surface area contributed by atoms with Gasteiger partial charge in [0.05, 0.1) is 26.9 Å². The number of alkyl halides is 6. The molecule has 16 heteroatoms. The molecule has 0 spiro atoms. The number of rotatable bonds is 3. The Bertz CT molecular complexity index is 1010. The van der Waals surface area contributed by atoms with Gasteiger partial charge in [-0.15, -0.1) is 4.68 Å². The molecular weight excluding hydrogens is 455 g/mol. The molecule has 0 aliphatic heterocycles. The van der Waals surface area contributed by atoms with Crippen molar-refractivity contribution in [1.29, 1.82) is 0 Å². The third-order valence-corrected chi connectivity index (χ3v) is 5.06. The normalized spacial score (nSPS) is 13.0. The number of halogens is 8. The first-order chi connectivity index (χ1) is 12.1. The molecule has 0 radical (unpaired) electrons. The summed E-state index contributed by atoms with van der Waals surface area (Å²) in [4.78, 5) is 7.54. The van der Waals surface area contributed by atoms with Crippen molar-refractivity contribution in [3.8, 4) is 5.69 Å². The van der Waals surface area contributed by atoms with Crippen LogP contribution in [0.4, 0.5) is 32.2 Å². The van der Waals surface area contributed by atoms with Gasteiger partial charge < -0.3 is 10.1 Å². The van der Waals surface area contributed by atoms with E-state index >= 15 is 0 Å². The van der Waals surface area contributed by atoms with E-state index in [1.807, 2.05) is 0 Å². The van der Waals surface area contributed by atoms with Crippen LogP contribution in [0.25, 0.3) is 5.69 Å². The molecule has 0 aliphatic rings. The lowest BCUT2D eigenvalue weighted by molar-refractivity contribution is -0.392. The van der Waals surface area contributed by atoms with Gasteiger partial charge in [0.25, 0.3) is 9.84 Å². The van der Waals surface area contributed by atoms with Gasteiger partial charge in [-0.25, -0.2) is 8.42 Å². The largest absolute Gasteiger partial charge is 0.502 e. The van der Waals surface area contributed by atoms with Gasteiger partial charge in [-0.2, -0.15) is 26.3 Å². The van der Waals surface area contributed by atoms with Crippen molar-refractivity contribution in [2.75, 3.05) is 0 Å². The maximum absolute atomic E-state index is 12.7. The van der Waals surface area contributed by atoms with Gasteiger partial charge in [-0.3, -0.25) is 0 Å². The molecular formula is C11H3Cl2F6N3O4S. The van der Waals surface area contributed by atoms with E-state index in [9.17, 15) is 44.9 Å². The van der Waals surface area contributed by atoms with E-state index in [-0.39, 0.29) is 10.9 Å². The highest BCUT2D eigenvalue weighted by molar-refractivity contribution is 7.92. The minimum absolute atomic E-state index is 0.0846. The van der Waals surface area contributed by atoms with Crippen molar-refractivity contribution in [1.82, 2.24) is 9.78 Å². The second kappa shape index (κ2) is 6.53. The van der Waals surface area contributed by atoms with E-state index in [0.717, 1.165) is 0 Å². The lowest BCUT2D eigenvalue weighted by atomic mass is 10.2. The summed E-state index contributed by atoms with van der Waals surface area (Å²) in [5.74, 6) is -1.71. The van der Waals surface area contributed by atoms with E-state index in [1.54, 1.807) is 0 Å². The van der Waals surface area contributed by atoms with Crippen molar-refractivity contribution in [2.45, 2.75) is 16.6 Å². The molecule has 2 aromatic rings. The van der Waals surface area contributed by atoms with Crippen LogP contribution in [0.3, 0.4) is 0 Å². The number of benzene rings is 1. The van der Waals surface area contributed by atoms with E-state index < -0.39 is 58.5 Å². The van der Waals surface area contributed by atoms with Crippen LogP contribution >= 0.6 is 23.2 Å². The van der Waals surface area contributed by atoms with E-state index in [4.69, 9.17) is 23.2 Å². The van der Waals surface area contributed by atoms with Crippen molar-refractivity contribution in [3.63, 3.8) is 0 Å². The average Bonchev–Trinajstić information content (AvgIpc) is 2.90. The predicted molar refractivity (Wildman–Crippen MR) is 78.5 cm³/mol. The quantitative estimate of drug-likeness (QED) is 0.386. The molecule has 0 N–H and O–H groups in total. The zero-order valence-electron chi connectivity index (χ0n) is 12.1. The number of aromatic nitrogens is 2. The lowest BCUT2D eigenvalue weighted by Gasteiger charge is -2.10. The Morgan fingerprint density at radius 1 is 1.07 bits per heavy atom. The summed E-state index contributed by atoms with van der Waals surface area (Å²) in [6, 6.07) is 0.683. The molecule has 0 aliphatic carbocycles. The highest BCUT2D eigenvalue weighted by Gasteiger charge is 2.52. The summed E-state index contributed by atoms with van der Waals surface area (Å²) in [6.07, 6.45) is -4.78. The van der Waals surface area contributed by atoms with Crippen molar-refractivity contribution >= 4 is 38.9 Å². The van der Waals surface area contributed by atoms with Gasteiger partial charge in [0, 0.05) is 0 Å². The minimum atomic E-state index is -6.19. The van der Waals surface area contributed by atoms with E-state index in [1.165, 1.54) is 0 Å². The van der Waals surface area contributed by atoms with Crippen LogP contribution in [-0.4, -0.2) is 28.6 Å². The molecule has 2 rings (SSSR count). The number of hydrogen-bond donors (Lipinski definition) is 0. The average molecular weight is 458 g/mol. The molecule has 0 atom stereocenters. The van der Waals surface area contributed by atoms with Crippen LogP contribution in [0.1, 0.15) is 5.56 Å². The Labute approximate surface area is 155 Å². The maximum atomic E-state index is 12.7. The number of hydrogen-bond acceptors (Lipinski definition) is 5. The Kier molecular flexibility index (Phi) is 5.13. The van der Waals surface area contributed by atoms with Gasteiger partial charge in [-0.05, 0) is 17.1 Å². The smallest absolute Gasteiger partial charge is 0.358 e. The summed E-state index contributed by atoms with van der Waals surface area (Å²) in [5, 5.41) is 12.4. The van der Waals surface area contributed by atoms with Crippen LogP contribution in [0.5, 0.6) is 0 Å².